The Morgan fingerprint density at radius 2 is 2.03 bits per heavy atom. The molecule has 2 amide bonds. The fourth-order valence-corrected chi connectivity index (χ4v) is 4.05. The van der Waals surface area contributed by atoms with Gasteiger partial charge in [0.05, 0.1) is 23.4 Å². The number of alkyl halides is 5. The van der Waals surface area contributed by atoms with Gasteiger partial charge in [0.1, 0.15) is 24.8 Å². The summed E-state index contributed by atoms with van der Waals surface area (Å²) in [5.41, 5.74) is 4.89. The minimum atomic E-state index is -4.98. The molecule has 1 aromatic heterocycles. The molecule has 2 aromatic carbocycles. The molecule has 7 nitrogen and oxygen atoms in total. The number of anilines is 1. The van der Waals surface area contributed by atoms with Gasteiger partial charge in [-0.15, -0.1) is 13.2 Å². The van der Waals surface area contributed by atoms with Crippen LogP contribution in [0.3, 0.4) is 0 Å². The van der Waals surface area contributed by atoms with Crippen molar-refractivity contribution < 1.29 is 36.2 Å². The first-order chi connectivity index (χ1) is 15.6. The molecule has 3 aromatic rings. The van der Waals surface area contributed by atoms with Crippen LogP contribution in [0.5, 0.6) is 11.5 Å². The number of primary amides is 1. The van der Waals surface area contributed by atoms with E-state index < -0.39 is 43.1 Å². The molecule has 0 aliphatic carbocycles. The second-order valence-corrected chi connectivity index (χ2v) is 7.71. The van der Waals surface area contributed by atoms with Gasteiger partial charge in [-0.2, -0.15) is 5.10 Å². The maximum Gasteiger partial charge on any atom is 0.573 e. The zero-order chi connectivity index (χ0) is 24.0. The van der Waals surface area contributed by atoms with Gasteiger partial charge in [0.2, 0.25) is 0 Å². The van der Waals surface area contributed by atoms with Gasteiger partial charge in [0.25, 0.3) is 0 Å². The number of nitrogens with two attached hydrogens (primary N) is 1. The molecule has 1 aliphatic heterocycles. The first-order valence-corrected chi connectivity index (χ1v) is 9.77. The van der Waals surface area contributed by atoms with Gasteiger partial charge in [-0.1, -0.05) is 6.07 Å². The predicted octanol–water partition coefficient (Wildman–Crippen LogP) is 4.56. The van der Waals surface area contributed by atoms with Crippen LogP contribution in [0.1, 0.15) is 18.0 Å². The zero-order valence-corrected chi connectivity index (χ0v) is 17.3. The third kappa shape index (κ3) is 4.12. The fraction of sp³-hybridized carbons (Fsp3) is 0.333. The summed E-state index contributed by atoms with van der Waals surface area (Å²) >= 11 is 0. The lowest BCUT2D eigenvalue weighted by atomic mass is 9.87. The van der Waals surface area contributed by atoms with E-state index in [4.69, 9.17) is 10.5 Å². The molecule has 0 unspecified atom stereocenters. The number of carbonyl (C=O) groups is 1. The Kier molecular flexibility index (Phi) is 5.54. The summed E-state index contributed by atoms with van der Waals surface area (Å²) in [5.74, 6) is -0.874. The molecule has 0 saturated carbocycles. The number of urea groups is 1. The Morgan fingerprint density at radius 3 is 2.67 bits per heavy atom. The average Bonchev–Trinajstić information content (AvgIpc) is 3.13. The Balaban J connectivity index is 1.88. The molecule has 0 radical (unpaired) electrons. The minimum Gasteiger partial charge on any atom is -0.481 e. The lowest BCUT2D eigenvalue weighted by molar-refractivity contribution is -0.274. The van der Waals surface area contributed by atoms with Crippen molar-refractivity contribution in [3.8, 4) is 11.5 Å². The van der Waals surface area contributed by atoms with E-state index in [0.717, 1.165) is 17.0 Å². The summed E-state index contributed by atoms with van der Waals surface area (Å²) < 4.78 is 76.9. The normalized spacial score (nSPS) is 17.3. The van der Waals surface area contributed by atoms with Crippen molar-refractivity contribution in [2.75, 3.05) is 18.2 Å². The highest BCUT2D eigenvalue weighted by Gasteiger charge is 2.46. The molecule has 0 bridgehead atoms. The Morgan fingerprint density at radius 1 is 1.30 bits per heavy atom. The number of hydrogen-bond donors (Lipinski definition) is 1. The smallest absolute Gasteiger partial charge is 0.481 e. The first-order valence-electron chi connectivity index (χ1n) is 9.77. The van der Waals surface area contributed by atoms with Gasteiger partial charge >= 0.3 is 12.4 Å². The predicted molar refractivity (Wildman–Crippen MR) is 109 cm³/mol. The summed E-state index contributed by atoms with van der Waals surface area (Å²) in [6.45, 7) is -2.57. The molecule has 12 heteroatoms. The lowest BCUT2D eigenvalue weighted by Gasteiger charge is -2.43. The van der Waals surface area contributed by atoms with Crippen molar-refractivity contribution in [2.24, 2.45) is 12.8 Å². The van der Waals surface area contributed by atoms with Crippen LogP contribution in [0, 0.1) is 0 Å². The SMILES string of the molecule is Cn1ncc2c(N(C(N)=O)[C@@H]3CC(CF)(CF)Oc4cc(OC(F)(F)F)ccc43)cccc21. The van der Waals surface area contributed by atoms with E-state index in [1.165, 1.54) is 12.3 Å². The van der Waals surface area contributed by atoms with Crippen LogP contribution < -0.4 is 20.1 Å². The van der Waals surface area contributed by atoms with Crippen molar-refractivity contribution >= 4 is 22.6 Å². The summed E-state index contributed by atoms with van der Waals surface area (Å²) in [5, 5.41) is 4.72. The van der Waals surface area contributed by atoms with E-state index in [9.17, 15) is 26.7 Å². The summed E-state index contributed by atoms with van der Waals surface area (Å²) in [4.78, 5) is 13.8. The fourth-order valence-electron chi connectivity index (χ4n) is 4.05. The third-order valence-corrected chi connectivity index (χ3v) is 5.53. The van der Waals surface area contributed by atoms with Crippen LogP contribution in [-0.2, 0) is 7.05 Å². The monoisotopic (exact) mass is 470 g/mol. The number of aryl methyl sites for hydroxylation is 1. The van der Waals surface area contributed by atoms with Gasteiger partial charge in [0.15, 0.2) is 5.60 Å². The van der Waals surface area contributed by atoms with Crippen LogP contribution in [0.15, 0.2) is 42.6 Å². The van der Waals surface area contributed by atoms with Crippen molar-refractivity contribution in [2.45, 2.75) is 24.4 Å². The van der Waals surface area contributed by atoms with Crippen LogP contribution in [0.4, 0.5) is 32.4 Å². The van der Waals surface area contributed by atoms with E-state index in [-0.39, 0.29) is 17.7 Å². The molecule has 33 heavy (non-hydrogen) atoms. The largest absolute Gasteiger partial charge is 0.573 e. The lowest BCUT2D eigenvalue weighted by Crippen LogP contribution is -2.51. The van der Waals surface area contributed by atoms with Crippen molar-refractivity contribution in [3.05, 3.63) is 48.2 Å². The van der Waals surface area contributed by atoms with Crippen LogP contribution in [-0.4, -0.2) is 41.1 Å². The molecule has 1 atom stereocenters. The first kappa shape index (κ1) is 22.6. The second-order valence-electron chi connectivity index (χ2n) is 7.71. The summed E-state index contributed by atoms with van der Waals surface area (Å²) in [7, 11) is 1.70. The number of halogens is 5. The standard InChI is InChI=1S/C21H19F5N4O3/c1-29-15-3-2-4-16(14(15)9-28-29)30(19(27)31)17-8-20(10-22,11-23)33-18-7-12(5-6-13(17)18)32-21(24,25)26/h2-7,9,17H,8,10-11H2,1H3,(H2,27,31)/t17-/m1/s1. The number of benzene rings is 2. The summed E-state index contributed by atoms with van der Waals surface area (Å²) in [6.07, 6.45) is -3.79. The van der Waals surface area contributed by atoms with Gasteiger partial charge in [-0.25, -0.2) is 13.6 Å². The van der Waals surface area contributed by atoms with Crippen LogP contribution >= 0.6 is 0 Å². The summed E-state index contributed by atoms with van der Waals surface area (Å²) in [6, 6.07) is 6.22. The number of aromatic nitrogens is 2. The third-order valence-electron chi connectivity index (χ3n) is 5.53. The number of carbonyl (C=O) groups excluding carboxylic acids is 1. The molecular formula is C21H19F5N4O3. The van der Waals surface area contributed by atoms with E-state index in [1.54, 1.807) is 29.9 Å². The highest BCUT2D eigenvalue weighted by molar-refractivity contribution is 6.02. The number of nitrogens with zero attached hydrogens (tertiary/aromatic N) is 3. The molecule has 0 saturated heterocycles. The minimum absolute atomic E-state index is 0.224. The van der Waals surface area contributed by atoms with Crippen molar-refractivity contribution in [3.63, 3.8) is 0 Å². The number of amides is 2. The molecule has 2 heterocycles. The molecule has 176 valence electrons. The number of ether oxygens (including phenoxy) is 2. The molecule has 4 rings (SSSR count). The van der Waals surface area contributed by atoms with Crippen LogP contribution in [0.2, 0.25) is 0 Å². The maximum atomic E-state index is 14.0. The average molecular weight is 470 g/mol. The van der Waals surface area contributed by atoms with Gasteiger partial charge < -0.3 is 15.2 Å². The molecular weight excluding hydrogens is 451 g/mol. The van der Waals surface area contributed by atoms with Crippen molar-refractivity contribution in [1.29, 1.82) is 0 Å². The van der Waals surface area contributed by atoms with E-state index in [1.807, 2.05) is 0 Å². The van der Waals surface area contributed by atoms with E-state index >= 15 is 0 Å². The number of rotatable bonds is 5. The zero-order valence-electron chi connectivity index (χ0n) is 17.3. The second kappa shape index (κ2) is 8.09. The van der Waals surface area contributed by atoms with E-state index in [2.05, 4.69) is 9.84 Å². The highest BCUT2D eigenvalue weighted by Crippen LogP contribution is 2.47. The molecule has 0 fully saturated rings. The molecule has 1 aliphatic rings. The maximum absolute atomic E-state index is 14.0. The van der Waals surface area contributed by atoms with Gasteiger partial charge in [0, 0.05) is 30.5 Å². The Bertz CT molecular complexity index is 1190. The highest BCUT2D eigenvalue weighted by atomic mass is 19.4. The van der Waals surface area contributed by atoms with E-state index in [0.29, 0.717) is 16.6 Å². The number of fused-ring (bicyclic) bond motifs is 2. The Labute approximate surface area is 184 Å². The van der Waals surface area contributed by atoms with Gasteiger partial charge in [-0.05, 0) is 24.3 Å². The molecule has 0 spiro atoms. The molecule has 2 N–H and O–H groups in total. The quantitative estimate of drug-likeness (QED) is 0.555. The number of hydrogen-bond acceptors (Lipinski definition) is 4. The van der Waals surface area contributed by atoms with Crippen LogP contribution in [0.25, 0.3) is 10.9 Å². The Hall–Kier alpha value is -3.57. The van der Waals surface area contributed by atoms with Crippen molar-refractivity contribution in [1.82, 2.24) is 9.78 Å². The van der Waals surface area contributed by atoms with Gasteiger partial charge in [-0.3, -0.25) is 9.58 Å². The topological polar surface area (TPSA) is 82.6 Å².